The number of para-hydroxylation sites is 3. The van der Waals surface area contributed by atoms with Crippen LogP contribution in [0.5, 0.6) is 0 Å². The van der Waals surface area contributed by atoms with Crippen LogP contribution < -0.4 is 0 Å². The Morgan fingerprint density at radius 3 is 1.86 bits per heavy atom. The molecular weight excluding hydrogens is 442 g/mol. The van der Waals surface area contributed by atoms with E-state index in [4.69, 9.17) is 0 Å². The maximum Gasteiger partial charge on any atom is 0.237 e. The molecule has 0 saturated carbocycles. The minimum atomic E-state index is 0.621. The van der Waals surface area contributed by atoms with Gasteiger partial charge in [-0.1, -0.05) is 72.8 Å². The Bertz CT molecular complexity index is 2090. The van der Waals surface area contributed by atoms with Crippen LogP contribution in [0.2, 0.25) is 0 Å². The van der Waals surface area contributed by atoms with Crippen LogP contribution in [0.4, 0.5) is 0 Å². The van der Waals surface area contributed by atoms with Crippen molar-refractivity contribution in [3.05, 3.63) is 116 Å². The van der Waals surface area contributed by atoms with Crippen molar-refractivity contribution in [1.29, 1.82) is 0 Å². The van der Waals surface area contributed by atoms with E-state index in [2.05, 4.69) is 127 Å². The molecule has 0 unspecified atom stereocenters. The standard InChI is InChI=1S/C31H19N5/c1-2-8-20(9-3-1)35-27-13-7-5-11-25(27)29-22-14-15-23-21-10-4-6-12-26(21)36(31-33-18-32-19-34-31)30(23)24(22)16-17-28(29)35/h1-19H. The van der Waals surface area contributed by atoms with Gasteiger partial charge in [-0.15, -0.1) is 0 Å². The van der Waals surface area contributed by atoms with Gasteiger partial charge >= 0.3 is 0 Å². The van der Waals surface area contributed by atoms with Crippen molar-refractivity contribution in [2.75, 3.05) is 0 Å². The summed E-state index contributed by atoms with van der Waals surface area (Å²) in [4.78, 5) is 13.1. The molecule has 3 heterocycles. The molecular formula is C31H19N5. The minimum Gasteiger partial charge on any atom is -0.309 e. The lowest BCUT2D eigenvalue weighted by Crippen LogP contribution is -2.01. The molecule has 0 fully saturated rings. The van der Waals surface area contributed by atoms with E-state index in [-0.39, 0.29) is 0 Å². The van der Waals surface area contributed by atoms with Gasteiger partial charge in [0.2, 0.25) is 5.95 Å². The van der Waals surface area contributed by atoms with E-state index < -0.39 is 0 Å². The van der Waals surface area contributed by atoms with E-state index in [9.17, 15) is 0 Å². The zero-order valence-corrected chi connectivity index (χ0v) is 19.2. The van der Waals surface area contributed by atoms with Crippen molar-refractivity contribution < 1.29 is 0 Å². The SMILES string of the molecule is c1ccc(-n2c3ccccc3c3c4ccc5c6ccccc6n(-c6ncncn6)c5c4ccc32)cc1. The zero-order valence-electron chi connectivity index (χ0n) is 19.2. The molecule has 3 aromatic heterocycles. The van der Waals surface area contributed by atoms with Gasteiger partial charge in [0.05, 0.1) is 22.1 Å². The van der Waals surface area contributed by atoms with Crippen molar-refractivity contribution in [1.82, 2.24) is 24.1 Å². The highest BCUT2D eigenvalue weighted by atomic mass is 15.2. The number of hydrogen-bond donors (Lipinski definition) is 0. The zero-order chi connectivity index (χ0) is 23.6. The lowest BCUT2D eigenvalue weighted by molar-refractivity contribution is 0.941. The third-order valence-electron chi connectivity index (χ3n) is 7.16. The molecule has 5 heteroatoms. The van der Waals surface area contributed by atoms with E-state index in [0.717, 1.165) is 16.7 Å². The Kier molecular flexibility index (Phi) is 3.88. The molecule has 5 nitrogen and oxygen atoms in total. The molecule has 0 atom stereocenters. The molecule has 8 rings (SSSR count). The molecule has 0 saturated heterocycles. The normalized spacial score (nSPS) is 11.9. The molecule has 0 aliphatic carbocycles. The molecule has 0 amide bonds. The van der Waals surface area contributed by atoms with Crippen LogP contribution in [0.25, 0.3) is 66.0 Å². The summed E-state index contributed by atoms with van der Waals surface area (Å²) in [5.41, 5.74) is 5.74. The average Bonchev–Trinajstić information content (AvgIpc) is 3.47. The number of hydrogen-bond acceptors (Lipinski definition) is 3. The molecule has 0 radical (unpaired) electrons. The predicted molar refractivity (Wildman–Crippen MR) is 146 cm³/mol. The molecule has 8 aromatic rings. The largest absolute Gasteiger partial charge is 0.309 e. The summed E-state index contributed by atoms with van der Waals surface area (Å²) in [6.07, 6.45) is 3.11. The van der Waals surface area contributed by atoms with Crippen LogP contribution in [0.3, 0.4) is 0 Å². The van der Waals surface area contributed by atoms with Gasteiger partial charge in [0, 0.05) is 32.6 Å². The molecule has 0 N–H and O–H groups in total. The minimum absolute atomic E-state index is 0.621. The Morgan fingerprint density at radius 1 is 0.444 bits per heavy atom. The molecule has 0 bridgehead atoms. The lowest BCUT2D eigenvalue weighted by atomic mass is 10.0. The Hall–Kier alpha value is -5.03. The summed E-state index contributed by atoms with van der Waals surface area (Å²) in [5.74, 6) is 0.621. The smallest absolute Gasteiger partial charge is 0.237 e. The first kappa shape index (κ1) is 19.3. The van der Waals surface area contributed by atoms with Crippen molar-refractivity contribution >= 4 is 54.4 Å². The Labute approximate surface area is 205 Å². The molecule has 5 aromatic carbocycles. The van der Waals surface area contributed by atoms with Crippen LogP contribution in [-0.2, 0) is 0 Å². The van der Waals surface area contributed by atoms with Crippen LogP contribution in [0, 0.1) is 0 Å². The van der Waals surface area contributed by atoms with Crippen LogP contribution in [0.15, 0.2) is 116 Å². The summed E-state index contributed by atoms with van der Waals surface area (Å²) in [7, 11) is 0. The highest BCUT2D eigenvalue weighted by molar-refractivity contribution is 6.27. The second kappa shape index (κ2) is 7.23. The summed E-state index contributed by atoms with van der Waals surface area (Å²) >= 11 is 0. The van der Waals surface area contributed by atoms with E-state index in [1.165, 1.54) is 43.4 Å². The second-order valence-electron chi connectivity index (χ2n) is 9.00. The fourth-order valence-corrected chi connectivity index (χ4v) is 5.74. The maximum atomic E-state index is 4.52. The summed E-state index contributed by atoms with van der Waals surface area (Å²) < 4.78 is 4.52. The van der Waals surface area contributed by atoms with Crippen molar-refractivity contribution in [3.8, 4) is 11.6 Å². The van der Waals surface area contributed by atoms with Crippen LogP contribution in [0.1, 0.15) is 0 Å². The van der Waals surface area contributed by atoms with Crippen molar-refractivity contribution in [2.24, 2.45) is 0 Å². The first-order valence-corrected chi connectivity index (χ1v) is 12.0. The van der Waals surface area contributed by atoms with Gasteiger partial charge in [0.1, 0.15) is 12.7 Å². The fourth-order valence-electron chi connectivity index (χ4n) is 5.74. The Balaban J connectivity index is 1.60. The number of aromatic nitrogens is 5. The third kappa shape index (κ3) is 2.51. The van der Waals surface area contributed by atoms with E-state index in [1.807, 2.05) is 0 Å². The first-order chi connectivity index (χ1) is 17.9. The summed E-state index contributed by atoms with van der Waals surface area (Å²) in [6, 6.07) is 36.7. The topological polar surface area (TPSA) is 48.5 Å². The van der Waals surface area contributed by atoms with Gasteiger partial charge in [-0.2, -0.15) is 0 Å². The fraction of sp³-hybridized carbons (Fsp3) is 0. The van der Waals surface area contributed by atoms with E-state index in [1.54, 1.807) is 12.7 Å². The van der Waals surface area contributed by atoms with Gasteiger partial charge in [0.15, 0.2) is 0 Å². The van der Waals surface area contributed by atoms with Crippen molar-refractivity contribution in [2.45, 2.75) is 0 Å². The second-order valence-corrected chi connectivity index (χ2v) is 9.00. The average molecular weight is 462 g/mol. The number of nitrogens with zero attached hydrogens (tertiary/aromatic N) is 5. The summed E-state index contributed by atoms with van der Waals surface area (Å²) in [6.45, 7) is 0. The number of rotatable bonds is 2. The lowest BCUT2D eigenvalue weighted by Gasteiger charge is -2.10. The van der Waals surface area contributed by atoms with Gasteiger partial charge in [0.25, 0.3) is 0 Å². The number of benzene rings is 5. The van der Waals surface area contributed by atoms with Crippen LogP contribution >= 0.6 is 0 Å². The van der Waals surface area contributed by atoms with Gasteiger partial charge < -0.3 is 4.57 Å². The summed E-state index contributed by atoms with van der Waals surface area (Å²) in [5, 5.41) is 7.24. The predicted octanol–water partition coefficient (Wildman–Crippen LogP) is 7.22. The molecule has 0 spiro atoms. The van der Waals surface area contributed by atoms with Crippen LogP contribution in [-0.4, -0.2) is 24.1 Å². The van der Waals surface area contributed by atoms with E-state index >= 15 is 0 Å². The first-order valence-electron chi connectivity index (χ1n) is 12.0. The van der Waals surface area contributed by atoms with Gasteiger partial charge in [-0.25, -0.2) is 15.0 Å². The van der Waals surface area contributed by atoms with Gasteiger partial charge in [-0.3, -0.25) is 4.57 Å². The van der Waals surface area contributed by atoms with Gasteiger partial charge in [-0.05, 0) is 35.7 Å². The van der Waals surface area contributed by atoms with Crippen molar-refractivity contribution in [3.63, 3.8) is 0 Å². The molecule has 0 aliphatic rings. The maximum absolute atomic E-state index is 4.52. The highest BCUT2D eigenvalue weighted by Crippen LogP contribution is 2.41. The molecule has 0 aliphatic heterocycles. The highest BCUT2D eigenvalue weighted by Gasteiger charge is 2.19. The van der Waals surface area contributed by atoms with E-state index in [0.29, 0.717) is 5.95 Å². The monoisotopic (exact) mass is 461 g/mol. The number of fused-ring (bicyclic) bond motifs is 9. The molecule has 168 valence electrons. The molecule has 36 heavy (non-hydrogen) atoms. The third-order valence-corrected chi connectivity index (χ3v) is 7.16. The Morgan fingerprint density at radius 2 is 1.06 bits per heavy atom. The quantitative estimate of drug-likeness (QED) is 0.273.